The third kappa shape index (κ3) is 5.39. The molecule has 0 spiro atoms. The normalized spacial score (nSPS) is 14.1. The highest BCUT2D eigenvalue weighted by atomic mass is 16.5. The molecule has 1 saturated heterocycles. The third-order valence-electron chi connectivity index (χ3n) is 6.23. The first-order chi connectivity index (χ1) is 17.5. The summed E-state index contributed by atoms with van der Waals surface area (Å²) in [5.74, 6) is -0.0378. The van der Waals surface area contributed by atoms with Crippen LogP contribution in [0.3, 0.4) is 0 Å². The number of para-hydroxylation sites is 1. The Balaban J connectivity index is 1.69. The zero-order valence-corrected chi connectivity index (χ0v) is 20.6. The van der Waals surface area contributed by atoms with E-state index in [9.17, 15) is 14.9 Å². The second-order valence-electron chi connectivity index (χ2n) is 8.62. The van der Waals surface area contributed by atoms with Crippen LogP contribution in [-0.2, 0) is 9.53 Å². The third-order valence-corrected chi connectivity index (χ3v) is 6.23. The van der Waals surface area contributed by atoms with Crippen molar-refractivity contribution in [1.82, 2.24) is 14.7 Å². The van der Waals surface area contributed by atoms with Gasteiger partial charge < -0.3 is 19.9 Å². The minimum atomic E-state index is -0.526. The number of nitrogens with one attached hydrogen (secondary N) is 1. The number of nitriles is 1. The highest BCUT2D eigenvalue weighted by Gasteiger charge is 2.24. The summed E-state index contributed by atoms with van der Waals surface area (Å²) in [4.78, 5) is 35.5. The van der Waals surface area contributed by atoms with Gasteiger partial charge in [-0.2, -0.15) is 5.26 Å². The number of fused-ring (bicyclic) bond motifs is 1. The zero-order chi connectivity index (χ0) is 25.5. The fourth-order valence-electron chi connectivity index (χ4n) is 4.29. The van der Waals surface area contributed by atoms with E-state index < -0.39 is 5.91 Å². The van der Waals surface area contributed by atoms with Gasteiger partial charge in [0.25, 0.3) is 11.5 Å². The van der Waals surface area contributed by atoms with Crippen molar-refractivity contribution in [2.45, 2.75) is 13.3 Å². The Morgan fingerprint density at radius 2 is 1.86 bits per heavy atom. The average Bonchev–Trinajstić information content (AvgIpc) is 2.91. The topological polar surface area (TPSA) is 103 Å². The van der Waals surface area contributed by atoms with Crippen molar-refractivity contribution in [2.75, 3.05) is 56.2 Å². The lowest BCUT2D eigenvalue weighted by Gasteiger charge is -2.37. The Morgan fingerprint density at radius 3 is 2.56 bits per heavy atom. The predicted molar refractivity (Wildman–Crippen MR) is 140 cm³/mol. The van der Waals surface area contributed by atoms with Crippen LogP contribution in [0.5, 0.6) is 0 Å². The van der Waals surface area contributed by atoms with Crippen LogP contribution in [0.15, 0.2) is 59.0 Å². The summed E-state index contributed by atoms with van der Waals surface area (Å²) in [6.07, 6.45) is 3.65. The fourth-order valence-corrected chi connectivity index (χ4v) is 4.29. The molecule has 0 atom stereocenters. The summed E-state index contributed by atoms with van der Waals surface area (Å²) in [7, 11) is 1.59. The molecule has 9 heteroatoms. The number of benzene rings is 1. The lowest BCUT2D eigenvalue weighted by molar-refractivity contribution is -0.117. The molecule has 36 heavy (non-hydrogen) atoms. The summed E-state index contributed by atoms with van der Waals surface area (Å²) in [6, 6.07) is 15.8. The van der Waals surface area contributed by atoms with E-state index in [-0.39, 0.29) is 16.7 Å². The minimum absolute atomic E-state index is 0.136. The molecule has 4 rings (SSSR count). The van der Waals surface area contributed by atoms with Gasteiger partial charge in [-0.1, -0.05) is 24.3 Å². The molecule has 1 aliphatic rings. The van der Waals surface area contributed by atoms with Crippen molar-refractivity contribution in [3.05, 3.63) is 75.7 Å². The monoisotopic (exact) mass is 486 g/mol. The number of piperazine rings is 1. The van der Waals surface area contributed by atoms with Gasteiger partial charge in [-0.3, -0.25) is 14.0 Å². The number of hydrogen-bond acceptors (Lipinski definition) is 7. The number of anilines is 2. The molecule has 0 aliphatic carbocycles. The maximum absolute atomic E-state index is 13.6. The largest absolute Gasteiger partial charge is 0.385 e. The SMILES string of the molecule is COCCCNC(=O)/C(C#N)=C/c1c(N2CCN(c3ccccc3)CC2)nc2c(C)cccn2c1=O. The van der Waals surface area contributed by atoms with E-state index in [2.05, 4.69) is 27.2 Å². The van der Waals surface area contributed by atoms with Crippen LogP contribution in [0.2, 0.25) is 0 Å². The van der Waals surface area contributed by atoms with Crippen LogP contribution in [-0.4, -0.2) is 61.7 Å². The second kappa shape index (κ2) is 11.5. The molecule has 3 heterocycles. The van der Waals surface area contributed by atoms with Crippen LogP contribution in [0.25, 0.3) is 11.7 Å². The summed E-state index contributed by atoms with van der Waals surface area (Å²) in [6.45, 7) is 5.59. The number of methoxy groups -OCH3 is 1. The van der Waals surface area contributed by atoms with Gasteiger partial charge in [-0.25, -0.2) is 4.98 Å². The second-order valence-corrected chi connectivity index (χ2v) is 8.62. The molecule has 9 nitrogen and oxygen atoms in total. The number of aryl methyl sites for hydroxylation is 1. The smallest absolute Gasteiger partial charge is 0.267 e. The lowest BCUT2D eigenvalue weighted by Crippen LogP contribution is -2.47. The molecule has 0 unspecified atom stereocenters. The number of ether oxygens (including phenoxy) is 1. The molecule has 1 N–H and O–H groups in total. The van der Waals surface area contributed by atoms with E-state index >= 15 is 0 Å². The lowest BCUT2D eigenvalue weighted by atomic mass is 10.1. The molecule has 0 bridgehead atoms. The first kappa shape index (κ1) is 24.9. The van der Waals surface area contributed by atoms with Gasteiger partial charge in [0.1, 0.15) is 23.1 Å². The van der Waals surface area contributed by atoms with E-state index in [1.165, 1.54) is 10.5 Å². The van der Waals surface area contributed by atoms with Crippen molar-refractivity contribution in [2.24, 2.45) is 0 Å². The van der Waals surface area contributed by atoms with Crippen molar-refractivity contribution < 1.29 is 9.53 Å². The highest BCUT2D eigenvalue weighted by Crippen LogP contribution is 2.23. The number of nitrogens with zero attached hydrogens (tertiary/aromatic N) is 5. The molecule has 0 radical (unpaired) electrons. The molecule has 1 aliphatic heterocycles. The van der Waals surface area contributed by atoms with E-state index in [4.69, 9.17) is 9.72 Å². The van der Waals surface area contributed by atoms with Gasteiger partial charge >= 0.3 is 0 Å². The number of rotatable bonds is 8. The summed E-state index contributed by atoms with van der Waals surface area (Å²) in [5, 5.41) is 12.4. The van der Waals surface area contributed by atoms with Crippen LogP contribution in [0, 0.1) is 18.3 Å². The van der Waals surface area contributed by atoms with Gasteiger partial charge in [-0.05, 0) is 43.2 Å². The van der Waals surface area contributed by atoms with Crippen LogP contribution in [0.4, 0.5) is 11.5 Å². The number of pyridine rings is 1. The average molecular weight is 487 g/mol. The first-order valence-electron chi connectivity index (χ1n) is 12.0. The van der Waals surface area contributed by atoms with E-state index in [0.29, 0.717) is 44.1 Å². The van der Waals surface area contributed by atoms with Gasteiger partial charge in [0.05, 0.1) is 5.56 Å². The van der Waals surface area contributed by atoms with E-state index in [1.54, 1.807) is 19.4 Å². The van der Waals surface area contributed by atoms with Gasteiger partial charge in [0, 0.05) is 58.3 Å². The summed E-state index contributed by atoms with van der Waals surface area (Å²) < 4.78 is 6.47. The van der Waals surface area contributed by atoms with Crippen LogP contribution < -0.4 is 20.7 Å². The Hall–Kier alpha value is -4.16. The number of aromatic nitrogens is 2. The molecule has 1 fully saturated rings. The predicted octanol–water partition coefficient (Wildman–Crippen LogP) is 2.39. The van der Waals surface area contributed by atoms with Gasteiger partial charge in [0.2, 0.25) is 0 Å². The molecule has 186 valence electrons. The summed E-state index contributed by atoms with van der Waals surface area (Å²) >= 11 is 0. The molecule has 1 aromatic carbocycles. The number of carbonyl (C=O) groups is 1. The fraction of sp³-hybridized carbons (Fsp3) is 0.333. The standard InChI is InChI=1S/C27H30N6O3/c1-20-8-6-12-33-24(20)30-25(32-15-13-31(14-16-32)22-9-4-3-5-10-22)23(27(33)35)18-21(19-28)26(34)29-11-7-17-36-2/h3-6,8-10,12,18H,7,11,13-17H2,1-2H3,(H,29,34)/b21-18+. The molecule has 2 aromatic heterocycles. The van der Waals surface area contributed by atoms with Gasteiger partial charge in [-0.15, -0.1) is 0 Å². The Labute approximate surface area is 210 Å². The van der Waals surface area contributed by atoms with E-state index in [1.807, 2.05) is 37.3 Å². The quantitative estimate of drug-likeness (QED) is 0.296. The maximum Gasteiger partial charge on any atom is 0.267 e. The van der Waals surface area contributed by atoms with Crippen LogP contribution in [0.1, 0.15) is 17.5 Å². The molecule has 0 saturated carbocycles. The molecule has 3 aromatic rings. The van der Waals surface area contributed by atoms with Crippen molar-refractivity contribution >= 4 is 29.1 Å². The highest BCUT2D eigenvalue weighted by molar-refractivity contribution is 6.02. The van der Waals surface area contributed by atoms with Gasteiger partial charge in [0.15, 0.2) is 0 Å². The first-order valence-corrected chi connectivity index (χ1v) is 12.0. The number of hydrogen-bond donors (Lipinski definition) is 1. The van der Waals surface area contributed by atoms with Crippen molar-refractivity contribution in [3.63, 3.8) is 0 Å². The van der Waals surface area contributed by atoms with Crippen molar-refractivity contribution in [1.29, 1.82) is 5.26 Å². The summed E-state index contributed by atoms with van der Waals surface area (Å²) in [5.41, 5.74) is 2.35. The molecular weight excluding hydrogens is 456 g/mol. The van der Waals surface area contributed by atoms with Crippen molar-refractivity contribution in [3.8, 4) is 6.07 Å². The van der Waals surface area contributed by atoms with E-state index in [0.717, 1.165) is 24.3 Å². The number of carbonyl (C=O) groups excluding carboxylic acids is 1. The Kier molecular flexibility index (Phi) is 7.98. The number of amides is 1. The van der Waals surface area contributed by atoms with Crippen LogP contribution >= 0.6 is 0 Å². The molecule has 1 amide bonds. The molecular formula is C27H30N6O3. The minimum Gasteiger partial charge on any atom is -0.385 e. The Bertz CT molecular complexity index is 1350. The maximum atomic E-state index is 13.6. The Morgan fingerprint density at radius 1 is 1.14 bits per heavy atom. The zero-order valence-electron chi connectivity index (χ0n) is 20.6.